The van der Waals surface area contributed by atoms with E-state index < -0.39 is 8.32 Å². The van der Waals surface area contributed by atoms with Crippen LogP contribution in [0.15, 0.2) is 0 Å². The van der Waals surface area contributed by atoms with Gasteiger partial charge in [0.1, 0.15) is 0 Å². The fourth-order valence-electron chi connectivity index (χ4n) is 1.51. The molecule has 0 aliphatic rings. The van der Waals surface area contributed by atoms with E-state index in [1.165, 1.54) is 18.1 Å². The summed E-state index contributed by atoms with van der Waals surface area (Å²) in [6.07, 6.45) is 1.62. The molecule has 0 rings (SSSR count). The Morgan fingerprint density at radius 2 is 1.42 bits per heavy atom. The van der Waals surface area contributed by atoms with Gasteiger partial charge in [0, 0.05) is 6.10 Å². The van der Waals surface area contributed by atoms with Crippen LogP contribution in [0.1, 0.15) is 41.0 Å². The first-order chi connectivity index (χ1) is 5.64. The van der Waals surface area contributed by atoms with Gasteiger partial charge in [0.05, 0.1) is 0 Å². The Labute approximate surface area is 78.6 Å². The van der Waals surface area contributed by atoms with Crippen molar-refractivity contribution in [1.29, 1.82) is 0 Å². The molecule has 74 valence electrons. The van der Waals surface area contributed by atoms with Gasteiger partial charge in [-0.3, -0.25) is 0 Å². The molecular weight excluding hydrogens is 164 g/mol. The second-order valence-corrected chi connectivity index (χ2v) is 8.30. The average Bonchev–Trinajstić information content (AvgIpc) is 2.14. The van der Waals surface area contributed by atoms with E-state index in [4.69, 9.17) is 4.43 Å². The predicted molar refractivity (Wildman–Crippen MR) is 58.0 cm³/mol. The van der Waals surface area contributed by atoms with Crippen molar-refractivity contribution in [1.82, 2.24) is 0 Å². The maximum absolute atomic E-state index is 6.17. The molecule has 0 aromatic rings. The summed E-state index contributed by atoms with van der Waals surface area (Å²) in [5.41, 5.74) is 0. The van der Waals surface area contributed by atoms with Gasteiger partial charge >= 0.3 is 0 Å². The van der Waals surface area contributed by atoms with Gasteiger partial charge < -0.3 is 4.43 Å². The lowest BCUT2D eigenvalue weighted by molar-refractivity contribution is 0.201. The summed E-state index contributed by atoms with van der Waals surface area (Å²) in [6, 6.07) is 3.80. The van der Waals surface area contributed by atoms with E-state index in [1.807, 2.05) is 0 Å². The number of rotatable bonds is 6. The van der Waals surface area contributed by atoms with E-state index in [1.54, 1.807) is 0 Å². The monoisotopic (exact) mass is 188 g/mol. The molecule has 0 spiro atoms. The van der Waals surface area contributed by atoms with E-state index in [0.29, 0.717) is 6.10 Å². The normalized spacial score (nSPS) is 14.8. The Morgan fingerprint density at radius 3 is 1.67 bits per heavy atom. The lowest BCUT2D eigenvalue weighted by Gasteiger charge is -2.31. The van der Waals surface area contributed by atoms with Crippen LogP contribution in [0, 0.1) is 0 Å². The molecule has 0 fully saturated rings. The van der Waals surface area contributed by atoms with Gasteiger partial charge in [-0.1, -0.05) is 27.7 Å². The maximum Gasteiger partial charge on any atom is 0.192 e. The molecule has 0 aliphatic carbocycles. The molecule has 0 bridgehead atoms. The molecule has 0 aliphatic heterocycles. The molecule has 0 aromatic heterocycles. The van der Waals surface area contributed by atoms with Gasteiger partial charge in [-0.05, 0) is 31.5 Å². The minimum Gasteiger partial charge on any atom is -0.414 e. The smallest absolute Gasteiger partial charge is 0.192 e. The molecule has 0 saturated carbocycles. The van der Waals surface area contributed by atoms with Crippen LogP contribution in [0.25, 0.3) is 0 Å². The Hall–Kier alpha value is 0.177. The fourth-order valence-corrected chi connectivity index (χ4v) is 4.53. The second-order valence-electron chi connectivity index (χ2n) is 3.58. The van der Waals surface area contributed by atoms with E-state index >= 15 is 0 Å². The molecule has 0 amide bonds. The fraction of sp³-hybridized carbons (Fsp3) is 1.00. The van der Waals surface area contributed by atoms with Gasteiger partial charge in [0.15, 0.2) is 8.32 Å². The van der Waals surface area contributed by atoms with Crippen molar-refractivity contribution >= 4 is 8.32 Å². The van der Waals surface area contributed by atoms with Crippen molar-refractivity contribution in [3.8, 4) is 0 Å². The molecule has 0 aromatic carbocycles. The quantitative estimate of drug-likeness (QED) is 0.576. The number of hydrogen-bond acceptors (Lipinski definition) is 1. The largest absolute Gasteiger partial charge is 0.414 e. The molecule has 0 unspecified atom stereocenters. The van der Waals surface area contributed by atoms with E-state index in [0.717, 1.165) is 6.42 Å². The highest BCUT2D eigenvalue weighted by Crippen LogP contribution is 2.23. The highest BCUT2D eigenvalue weighted by atomic mass is 28.4. The van der Waals surface area contributed by atoms with Gasteiger partial charge in [-0.2, -0.15) is 0 Å². The first-order valence-electron chi connectivity index (χ1n) is 5.31. The first-order valence-corrected chi connectivity index (χ1v) is 7.84. The van der Waals surface area contributed by atoms with Crippen LogP contribution in [0.3, 0.4) is 0 Å². The lowest BCUT2D eigenvalue weighted by Crippen LogP contribution is -2.38. The summed E-state index contributed by atoms with van der Waals surface area (Å²) in [5.74, 6) is 0. The van der Waals surface area contributed by atoms with Gasteiger partial charge in [-0.15, -0.1) is 0 Å². The summed E-state index contributed by atoms with van der Waals surface area (Å²) < 4.78 is 6.17. The highest BCUT2D eigenvalue weighted by molar-refractivity contribution is 6.73. The molecule has 0 N–H and O–H groups in total. The Kier molecular flexibility index (Phi) is 5.84. The molecule has 1 atom stereocenters. The van der Waals surface area contributed by atoms with E-state index in [9.17, 15) is 0 Å². The zero-order valence-corrected chi connectivity index (χ0v) is 10.3. The zero-order chi connectivity index (χ0) is 9.61. The maximum atomic E-state index is 6.17. The SMILES string of the molecule is CC[C@H](C)O[Si](CC)(CC)CC. The summed E-state index contributed by atoms with van der Waals surface area (Å²) >= 11 is 0. The van der Waals surface area contributed by atoms with E-state index in [2.05, 4.69) is 34.6 Å². The predicted octanol–water partition coefficient (Wildman–Crippen LogP) is 3.81. The summed E-state index contributed by atoms with van der Waals surface area (Å²) in [6.45, 7) is 11.2. The molecule has 0 saturated heterocycles. The Balaban J connectivity index is 4.09. The van der Waals surface area contributed by atoms with Crippen molar-refractivity contribution in [2.45, 2.75) is 65.3 Å². The third kappa shape index (κ3) is 3.28. The molecular formula is C10H24OSi. The van der Waals surface area contributed by atoms with Crippen LogP contribution in [-0.2, 0) is 4.43 Å². The third-order valence-electron chi connectivity index (χ3n) is 2.96. The Bertz CT molecular complexity index is 102. The summed E-state index contributed by atoms with van der Waals surface area (Å²) in [5, 5.41) is 0. The first kappa shape index (κ1) is 12.2. The summed E-state index contributed by atoms with van der Waals surface area (Å²) in [7, 11) is -1.30. The van der Waals surface area contributed by atoms with Crippen LogP contribution in [0.5, 0.6) is 0 Å². The standard InChI is InChI=1S/C10H24OSi/c1-6-10(5)11-12(7-2,8-3)9-4/h10H,6-9H2,1-5H3/t10-/m0/s1. The minimum atomic E-state index is -1.30. The van der Waals surface area contributed by atoms with Gasteiger partial charge in [0.25, 0.3) is 0 Å². The molecule has 12 heavy (non-hydrogen) atoms. The van der Waals surface area contributed by atoms with Crippen LogP contribution in [0.4, 0.5) is 0 Å². The van der Waals surface area contributed by atoms with Crippen molar-refractivity contribution < 1.29 is 4.43 Å². The van der Waals surface area contributed by atoms with Crippen molar-refractivity contribution in [3.63, 3.8) is 0 Å². The molecule has 0 radical (unpaired) electrons. The van der Waals surface area contributed by atoms with Crippen LogP contribution in [0.2, 0.25) is 18.1 Å². The summed E-state index contributed by atoms with van der Waals surface area (Å²) in [4.78, 5) is 0. The topological polar surface area (TPSA) is 9.23 Å². The van der Waals surface area contributed by atoms with Crippen molar-refractivity contribution in [2.75, 3.05) is 0 Å². The minimum absolute atomic E-state index is 0.469. The van der Waals surface area contributed by atoms with Gasteiger partial charge in [0.2, 0.25) is 0 Å². The molecule has 2 heteroatoms. The molecule has 0 heterocycles. The number of hydrogen-bond donors (Lipinski definition) is 0. The van der Waals surface area contributed by atoms with Crippen LogP contribution >= 0.6 is 0 Å². The van der Waals surface area contributed by atoms with Crippen molar-refractivity contribution in [3.05, 3.63) is 0 Å². The Morgan fingerprint density at radius 1 is 1.00 bits per heavy atom. The lowest BCUT2D eigenvalue weighted by atomic mass is 10.3. The average molecular weight is 188 g/mol. The highest BCUT2D eigenvalue weighted by Gasteiger charge is 2.29. The second kappa shape index (κ2) is 5.76. The zero-order valence-electron chi connectivity index (χ0n) is 9.31. The van der Waals surface area contributed by atoms with Gasteiger partial charge in [-0.25, -0.2) is 0 Å². The van der Waals surface area contributed by atoms with E-state index in [-0.39, 0.29) is 0 Å². The van der Waals surface area contributed by atoms with Crippen molar-refractivity contribution in [2.24, 2.45) is 0 Å². The molecule has 1 nitrogen and oxygen atoms in total. The third-order valence-corrected chi connectivity index (χ3v) is 7.73. The van der Waals surface area contributed by atoms with Crippen LogP contribution < -0.4 is 0 Å². The van der Waals surface area contributed by atoms with Crippen LogP contribution in [-0.4, -0.2) is 14.4 Å².